The molecule has 0 spiro atoms. The van der Waals surface area contributed by atoms with Crippen molar-refractivity contribution >= 4 is 39.1 Å². The number of halogens is 1. The van der Waals surface area contributed by atoms with Gasteiger partial charge in [-0.3, -0.25) is 4.79 Å². The van der Waals surface area contributed by atoms with E-state index in [0.29, 0.717) is 32.6 Å². The maximum Gasteiger partial charge on any atom is 0.283 e. The Hall–Kier alpha value is -2.51. The molecule has 6 nitrogen and oxygen atoms in total. The molecule has 2 aromatic carbocycles. The predicted molar refractivity (Wildman–Crippen MR) is 102 cm³/mol. The maximum atomic E-state index is 12.8. The molecule has 8 heteroatoms. The van der Waals surface area contributed by atoms with Gasteiger partial charge in [0, 0.05) is 7.05 Å². The van der Waals surface area contributed by atoms with Crippen LogP contribution in [0.3, 0.4) is 0 Å². The number of ether oxygens (including phenoxy) is 3. The number of para-hydroxylation sites is 1. The molecule has 1 aromatic heterocycles. The monoisotopic (exact) mass is 392 g/mol. The summed E-state index contributed by atoms with van der Waals surface area (Å²) in [5.74, 6) is 1.05. The molecule has 0 fully saturated rings. The van der Waals surface area contributed by atoms with Crippen LogP contribution in [0.4, 0.5) is 0 Å². The number of aromatic nitrogens is 1. The van der Waals surface area contributed by atoms with Crippen LogP contribution in [0, 0.1) is 0 Å². The van der Waals surface area contributed by atoms with Crippen LogP contribution in [-0.4, -0.2) is 31.8 Å². The average molecular weight is 393 g/mol. The van der Waals surface area contributed by atoms with Gasteiger partial charge in [-0.2, -0.15) is 4.99 Å². The molecule has 0 radical (unpaired) electrons. The Morgan fingerprint density at radius 3 is 2.46 bits per heavy atom. The van der Waals surface area contributed by atoms with Crippen LogP contribution in [-0.2, 0) is 7.05 Å². The van der Waals surface area contributed by atoms with E-state index in [1.54, 1.807) is 42.0 Å². The van der Waals surface area contributed by atoms with Gasteiger partial charge in [0.25, 0.3) is 5.91 Å². The van der Waals surface area contributed by atoms with Crippen LogP contribution in [0.5, 0.6) is 17.2 Å². The molecule has 136 valence electrons. The first-order valence-electron chi connectivity index (χ1n) is 7.63. The van der Waals surface area contributed by atoms with E-state index in [4.69, 9.17) is 25.8 Å². The molecule has 0 aliphatic rings. The van der Waals surface area contributed by atoms with Gasteiger partial charge in [-0.25, -0.2) is 0 Å². The first kappa shape index (κ1) is 18.3. The van der Waals surface area contributed by atoms with Crippen molar-refractivity contribution in [2.45, 2.75) is 0 Å². The highest BCUT2D eigenvalue weighted by Crippen LogP contribution is 2.33. The highest BCUT2D eigenvalue weighted by molar-refractivity contribution is 7.17. The first-order chi connectivity index (χ1) is 12.5. The molecule has 0 aliphatic carbocycles. The van der Waals surface area contributed by atoms with Gasteiger partial charge in [0.15, 0.2) is 16.3 Å². The highest BCUT2D eigenvalue weighted by atomic mass is 35.5. The summed E-state index contributed by atoms with van der Waals surface area (Å²) >= 11 is 7.61. The third kappa shape index (κ3) is 3.04. The fourth-order valence-electron chi connectivity index (χ4n) is 2.66. The number of rotatable bonds is 4. The van der Waals surface area contributed by atoms with Gasteiger partial charge < -0.3 is 18.8 Å². The maximum absolute atomic E-state index is 12.8. The van der Waals surface area contributed by atoms with E-state index in [1.165, 1.54) is 25.6 Å². The summed E-state index contributed by atoms with van der Waals surface area (Å²) in [7, 11) is 6.40. The Balaban J connectivity index is 2.19. The summed E-state index contributed by atoms with van der Waals surface area (Å²) in [6, 6.07) is 8.63. The smallest absolute Gasteiger partial charge is 0.283 e. The number of fused-ring (bicyclic) bond motifs is 1. The van der Waals surface area contributed by atoms with Gasteiger partial charge in [0.2, 0.25) is 0 Å². The van der Waals surface area contributed by atoms with E-state index in [1.807, 2.05) is 7.05 Å². The zero-order valence-corrected chi connectivity index (χ0v) is 16.3. The predicted octanol–water partition coefficient (Wildman–Crippen LogP) is 3.66. The summed E-state index contributed by atoms with van der Waals surface area (Å²) in [5, 5.41) is 0.578. The second-order valence-corrected chi connectivity index (χ2v) is 6.71. The Morgan fingerprint density at radius 2 is 1.81 bits per heavy atom. The van der Waals surface area contributed by atoms with E-state index in [2.05, 4.69) is 4.99 Å². The number of carbonyl (C=O) groups is 1. The quantitative estimate of drug-likeness (QED) is 0.679. The van der Waals surface area contributed by atoms with Crippen molar-refractivity contribution in [3.8, 4) is 17.2 Å². The standard InChI is InChI=1S/C18H17ClN2O4S/c1-21-14-12(23-2)9-8-11(19)16(14)26-18(21)20-17(22)10-6-5-7-13(24-3)15(10)25-4/h5-9H,1-4H3. The zero-order valence-electron chi connectivity index (χ0n) is 14.7. The molecular weight excluding hydrogens is 376 g/mol. The molecule has 1 amide bonds. The zero-order chi connectivity index (χ0) is 18.8. The number of methoxy groups -OCH3 is 3. The topological polar surface area (TPSA) is 62.0 Å². The summed E-state index contributed by atoms with van der Waals surface area (Å²) in [4.78, 5) is 17.5. The molecule has 1 heterocycles. The lowest BCUT2D eigenvalue weighted by atomic mass is 10.2. The van der Waals surface area contributed by atoms with Crippen molar-refractivity contribution in [2.24, 2.45) is 12.0 Å². The number of nitrogens with zero attached hydrogens (tertiary/aromatic N) is 2. The SMILES string of the molecule is COc1cccc(C(=O)N=c2sc3c(Cl)ccc(OC)c3n2C)c1OC. The largest absolute Gasteiger partial charge is 0.495 e. The molecule has 0 N–H and O–H groups in total. The third-order valence-electron chi connectivity index (χ3n) is 3.91. The molecule has 3 aromatic rings. The molecule has 26 heavy (non-hydrogen) atoms. The molecular formula is C18H17ClN2O4S. The molecule has 0 bridgehead atoms. The van der Waals surface area contributed by atoms with E-state index in [0.717, 1.165) is 10.2 Å². The summed E-state index contributed by atoms with van der Waals surface area (Å²) in [6.45, 7) is 0. The number of benzene rings is 2. The van der Waals surface area contributed by atoms with E-state index in [9.17, 15) is 4.79 Å². The minimum absolute atomic E-state index is 0.322. The van der Waals surface area contributed by atoms with Crippen LogP contribution in [0.25, 0.3) is 10.2 Å². The molecule has 0 saturated carbocycles. The lowest BCUT2D eigenvalue weighted by Crippen LogP contribution is -2.14. The summed E-state index contributed by atoms with van der Waals surface area (Å²) < 4.78 is 18.5. The van der Waals surface area contributed by atoms with Crippen LogP contribution in [0.1, 0.15) is 10.4 Å². The van der Waals surface area contributed by atoms with Crippen molar-refractivity contribution in [1.82, 2.24) is 4.57 Å². The number of carbonyl (C=O) groups excluding carboxylic acids is 1. The van der Waals surface area contributed by atoms with Gasteiger partial charge in [0.1, 0.15) is 11.3 Å². The number of hydrogen-bond acceptors (Lipinski definition) is 5. The average Bonchev–Trinajstić information content (AvgIpc) is 2.99. The fraction of sp³-hybridized carbons (Fsp3) is 0.222. The number of amides is 1. The van der Waals surface area contributed by atoms with Crippen LogP contribution < -0.4 is 19.0 Å². The summed E-state index contributed by atoms with van der Waals surface area (Å²) in [5.41, 5.74) is 1.11. The lowest BCUT2D eigenvalue weighted by Gasteiger charge is -2.09. The first-order valence-corrected chi connectivity index (χ1v) is 8.83. The Bertz CT molecular complexity index is 1060. The molecule has 0 aliphatic heterocycles. The Kier molecular flexibility index (Phi) is 5.20. The Labute approximate surface area is 159 Å². The van der Waals surface area contributed by atoms with Crippen molar-refractivity contribution < 1.29 is 19.0 Å². The molecule has 0 unspecified atom stereocenters. The summed E-state index contributed by atoms with van der Waals surface area (Å²) in [6.07, 6.45) is 0. The van der Waals surface area contributed by atoms with Gasteiger partial charge >= 0.3 is 0 Å². The lowest BCUT2D eigenvalue weighted by molar-refractivity contribution is 0.0994. The van der Waals surface area contributed by atoms with Gasteiger partial charge in [-0.15, -0.1) is 0 Å². The van der Waals surface area contributed by atoms with Gasteiger partial charge in [-0.1, -0.05) is 29.0 Å². The Morgan fingerprint density at radius 1 is 1.08 bits per heavy atom. The number of hydrogen-bond donors (Lipinski definition) is 0. The van der Waals surface area contributed by atoms with Gasteiger partial charge in [-0.05, 0) is 24.3 Å². The fourth-order valence-corrected chi connectivity index (χ4v) is 3.97. The van der Waals surface area contributed by atoms with Crippen molar-refractivity contribution in [3.63, 3.8) is 0 Å². The number of aryl methyl sites for hydroxylation is 1. The van der Waals surface area contributed by atoms with Gasteiger partial charge in [0.05, 0.1) is 36.6 Å². The third-order valence-corrected chi connectivity index (χ3v) is 5.50. The molecule has 0 saturated heterocycles. The van der Waals surface area contributed by atoms with E-state index >= 15 is 0 Å². The van der Waals surface area contributed by atoms with Crippen molar-refractivity contribution in [1.29, 1.82) is 0 Å². The molecule has 0 atom stereocenters. The van der Waals surface area contributed by atoms with Crippen LogP contribution in [0.2, 0.25) is 5.02 Å². The van der Waals surface area contributed by atoms with Crippen molar-refractivity contribution in [3.05, 3.63) is 45.7 Å². The normalized spacial score (nSPS) is 11.7. The van der Waals surface area contributed by atoms with E-state index in [-0.39, 0.29) is 0 Å². The van der Waals surface area contributed by atoms with Crippen LogP contribution in [0.15, 0.2) is 35.3 Å². The minimum Gasteiger partial charge on any atom is -0.495 e. The van der Waals surface area contributed by atoms with E-state index < -0.39 is 5.91 Å². The van der Waals surface area contributed by atoms with Crippen molar-refractivity contribution in [2.75, 3.05) is 21.3 Å². The second kappa shape index (κ2) is 7.39. The van der Waals surface area contributed by atoms with Crippen LogP contribution >= 0.6 is 22.9 Å². The highest BCUT2D eigenvalue weighted by Gasteiger charge is 2.17. The second-order valence-electron chi connectivity index (χ2n) is 5.33. The number of thiazole rings is 1. The molecule has 3 rings (SSSR count). The minimum atomic E-state index is -0.432.